The van der Waals surface area contributed by atoms with Gasteiger partial charge in [0.1, 0.15) is 5.82 Å². The molecule has 1 heterocycles. The predicted molar refractivity (Wildman–Crippen MR) is 68.3 cm³/mol. The first-order chi connectivity index (χ1) is 8.49. The van der Waals surface area contributed by atoms with Gasteiger partial charge in [-0.05, 0) is 44.5 Å². The largest absolute Gasteiger partial charge is 0.289 e. The number of ketones is 1. The second-order valence-electron chi connectivity index (χ2n) is 4.38. The van der Waals surface area contributed by atoms with Crippen molar-refractivity contribution in [3.63, 3.8) is 0 Å². The molecule has 0 bridgehead atoms. The molecular formula is C15H14FNO. The highest BCUT2D eigenvalue weighted by atomic mass is 19.1. The Labute approximate surface area is 105 Å². The number of hydrogen-bond donors (Lipinski definition) is 0. The van der Waals surface area contributed by atoms with E-state index in [0.717, 1.165) is 5.69 Å². The van der Waals surface area contributed by atoms with Crippen LogP contribution in [0.2, 0.25) is 0 Å². The van der Waals surface area contributed by atoms with Gasteiger partial charge in [-0.25, -0.2) is 4.39 Å². The van der Waals surface area contributed by atoms with Crippen LogP contribution in [0.1, 0.15) is 32.9 Å². The van der Waals surface area contributed by atoms with Crippen LogP contribution in [0.5, 0.6) is 0 Å². The summed E-state index contributed by atoms with van der Waals surface area (Å²) >= 11 is 0. The zero-order valence-corrected chi connectivity index (χ0v) is 10.6. The Morgan fingerprint density at radius 2 is 1.83 bits per heavy atom. The van der Waals surface area contributed by atoms with Crippen LogP contribution in [0.3, 0.4) is 0 Å². The number of hydrogen-bond acceptors (Lipinski definition) is 2. The van der Waals surface area contributed by atoms with Crippen LogP contribution in [0, 0.1) is 26.6 Å². The fraction of sp³-hybridized carbons (Fsp3) is 0.200. The minimum Gasteiger partial charge on any atom is -0.289 e. The van der Waals surface area contributed by atoms with Gasteiger partial charge in [-0.2, -0.15) is 0 Å². The normalized spacial score (nSPS) is 10.4. The molecule has 0 fully saturated rings. The van der Waals surface area contributed by atoms with Gasteiger partial charge in [-0.15, -0.1) is 0 Å². The van der Waals surface area contributed by atoms with Crippen molar-refractivity contribution in [1.29, 1.82) is 0 Å². The van der Waals surface area contributed by atoms with E-state index in [1.807, 2.05) is 6.92 Å². The van der Waals surface area contributed by atoms with Gasteiger partial charge in [0.2, 0.25) is 0 Å². The first-order valence-corrected chi connectivity index (χ1v) is 5.74. The summed E-state index contributed by atoms with van der Waals surface area (Å²) in [6, 6.07) is 8.04. The number of rotatable bonds is 2. The van der Waals surface area contributed by atoms with E-state index < -0.39 is 0 Å². The lowest BCUT2D eigenvalue weighted by atomic mass is 10.0. The number of pyridine rings is 1. The summed E-state index contributed by atoms with van der Waals surface area (Å²) in [6.07, 6.45) is 0. The summed E-state index contributed by atoms with van der Waals surface area (Å²) in [5.41, 5.74) is 2.93. The van der Waals surface area contributed by atoms with Crippen molar-refractivity contribution in [1.82, 2.24) is 4.98 Å². The SMILES string of the molecule is Cc1ccc(C(=O)c2ccc(C)c(F)c2)c(C)n1. The van der Waals surface area contributed by atoms with Crippen molar-refractivity contribution in [3.05, 3.63) is 64.2 Å². The molecule has 0 radical (unpaired) electrons. The molecule has 0 unspecified atom stereocenters. The molecule has 0 spiro atoms. The second-order valence-corrected chi connectivity index (χ2v) is 4.38. The average Bonchev–Trinajstić information content (AvgIpc) is 2.32. The lowest BCUT2D eigenvalue weighted by Gasteiger charge is -2.06. The molecule has 0 N–H and O–H groups in total. The van der Waals surface area contributed by atoms with E-state index in [0.29, 0.717) is 22.4 Å². The number of halogens is 1. The molecule has 0 atom stereocenters. The molecule has 0 aliphatic rings. The number of nitrogens with zero attached hydrogens (tertiary/aromatic N) is 1. The zero-order valence-electron chi connectivity index (χ0n) is 10.6. The molecule has 0 saturated heterocycles. The Morgan fingerprint density at radius 3 is 2.44 bits per heavy atom. The monoisotopic (exact) mass is 243 g/mol. The molecule has 2 aromatic rings. The van der Waals surface area contributed by atoms with E-state index in [1.165, 1.54) is 6.07 Å². The van der Waals surface area contributed by atoms with E-state index >= 15 is 0 Å². The first kappa shape index (κ1) is 12.4. The maximum absolute atomic E-state index is 13.5. The van der Waals surface area contributed by atoms with Crippen molar-refractivity contribution >= 4 is 5.78 Å². The predicted octanol–water partition coefficient (Wildman–Crippen LogP) is 3.38. The standard InChI is InChI=1S/C15H14FNO/c1-9-4-6-12(8-14(9)16)15(18)13-7-5-10(2)17-11(13)3/h4-8H,1-3H3. The highest BCUT2D eigenvalue weighted by Gasteiger charge is 2.13. The quantitative estimate of drug-likeness (QED) is 0.757. The van der Waals surface area contributed by atoms with Crippen molar-refractivity contribution in [2.75, 3.05) is 0 Å². The van der Waals surface area contributed by atoms with Crippen molar-refractivity contribution < 1.29 is 9.18 Å². The molecule has 1 aromatic carbocycles. The fourth-order valence-electron chi connectivity index (χ4n) is 1.82. The van der Waals surface area contributed by atoms with Gasteiger partial charge in [-0.1, -0.05) is 12.1 Å². The van der Waals surface area contributed by atoms with Crippen LogP contribution in [-0.4, -0.2) is 10.8 Å². The Morgan fingerprint density at radius 1 is 1.11 bits per heavy atom. The van der Waals surface area contributed by atoms with Crippen LogP contribution in [-0.2, 0) is 0 Å². The third-order valence-electron chi connectivity index (χ3n) is 2.90. The summed E-state index contributed by atoms with van der Waals surface area (Å²) in [5.74, 6) is -0.558. The maximum Gasteiger partial charge on any atom is 0.194 e. The van der Waals surface area contributed by atoms with E-state index in [1.54, 1.807) is 38.1 Å². The Bertz CT molecular complexity index is 620. The molecule has 0 saturated carbocycles. The van der Waals surface area contributed by atoms with Crippen LogP contribution >= 0.6 is 0 Å². The zero-order chi connectivity index (χ0) is 13.3. The van der Waals surface area contributed by atoms with Gasteiger partial charge >= 0.3 is 0 Å². The molecule has 0 aliphatic carbocycles. The van der Waals surface area contributed by atoms with Gasteiger partial charge < -0.3 is 0 Å². The maximum atomic E-state index is 13.5. The van der Waals surface area contributed by atoms with Gasteiger partial charge in [0.25, 0.3) is 0 Å². The summed E-state index contributed by atoms with van der Waals surface area (Å²) in [6.45, 7) is 5.32. The minimum atomic E-state index is -0.362. The van der Waals surface area contributed by atoms with E-state index in [4.69, 9.17) is 0 Å². The van der Waals surface area contributed by atoms with E-state index in [9.17, 15) is 9.18 Å². The average molecular weight is 243 g/mol. The molecular weight excluding hydrogens is 229 g/mol. The number of carbonyl (C=O) groups excluding carboxylic acids is 1. The van der Waals surface area contributed by atoms with Gasteiger partial charge in [0.05, 0.1) is 0 Å². The number of aromatic nitrogens is 1. The topological polar surface area (TPSA) is 30.0 Å². The molecule has 18 heavy (non-hydrogen) atoms. The molecule has 2 nitrogen and oxygen atoms in total. The van der Waals surface area contributed by atoms with Crippen LogP contribution in [0.15, 0.2) is 30.3 Å². The Kier molecular flexibility index (Phi) is 3.24. The molecule has 92 valence electrons. The first-order valence-electron chi connectivity index (χ1n) is 5.74. The summed E-state index contributed by atoms with van der Waals surface area (Å²) in [5, 5.41) is 0. The van der Waals surface area contributed by atoms with Crippen molar-refractivity contribution in [3.8, 4) is 0 Å². The molecule has 2 rings (SSSR count). The van der Waals surface area contributed by atoms with Crippen LogP contribution < -0.4 is 0 Å². The van der Waals surface area contributed by atoms with Gasteiger partial charge in [0.15, 0.2) is 5.78 Å². The van der Waals surface area contributed by atoms with E-state index in [2.05, 4.69) is 4.98 Å². The highest BCUT2D eigenvalue weighted by Crippen LogP contribution is 2.16. The smallest absolute Gasteiger partial charge is 0.194 e. The third kappa shape index (κ3) is 2.30. The highest BCUT2D eigenvalue weighted by molar-refractivity contribution is 6.09. The molecule has 1 aromatic heterocycles. The minimum absolute atomic E-state index is 0.195. The lowest BCUT2D eigenvalue weighted by molar-refractivity contribution is 0.103. The third-order valence-corrected chi connectivity index (χ3v) is 2.90. The summed E-state index contributed by atoms with van der Waals surface area (Å²) < 4.78 is 13.5. The van der Waals surface area contributed by atoms with Crippen LogP contribution in [0.4, 0.5) is 4.39 Å². The van der Waals surface area contributed by atoms with Gasteiger partial charge in [-0.3, -0.25) is 9.78 Å². The summed E-state index contributed by atoms with van der Waals surface area (Å²) in [7, 11) is 0. The van der Waals surface area contributed by atoms with Crippen molar-refractivity contribution in [2.45, 2.75) is 20.8 Å². The lowest BCUT2D eigenvalue weighted by Crippen LogP contribution is -2.06. The molecule has 0 aliphatic heterocycles. The number of aryl methyl sites for hydroxylation is 3. The number of benzene rings is 1. The van der Waals surface area contributed by atoms with Gasteiger partial charge in [0, 0.05) is 22.5 Å². The fourth-order valence-corrected chi connectivity index (χ4v) is 1.82. The Hall–Kier alpha value is -2.03. The van der Waals surface area contributed by atoms with E-state index in [-0.39, 0.29) is 11.6 Å². The van der Waals surface area contributed by atoms with Crippen LogP contribution in [0.25, 0.3) is 0 Å². The number of carbonyl (C=O) groups is 1. The Balaban J connectivity index is 2.44. The summed E-state index contributed by atoms with van der Waals surface area (Å²) in [4.78, 5) is 16.5. The van der Waals surface area contributed by atoms with Crippen molar-refractivity contribution in [2.24, 2.45) is 0 Å². The second kappa shape index (κ2) is 4.69. The molecule has 0 amide bonds. The molecule has 3 heteroatoms.